The summed E-state index contributed by atoms with van der Waals surface area (Å²) in [5.41, 5.74) is 2.41. The standard InChI is InChI=1S/C20H34N4O.HI/c1-7-16-9-11-17(12-10-16)13-14-22-19(21-8-2)24(6)15-18(25)23-20(3,4)5;/h9-12H,7-8,13-15H2,1-6H3,(H,21,22)(H,23,25);1H. The van der Waals surface area contributed by atoms with Gasteiger partial charge in [-0.1, -0.05) is 31.2 Å². The largest absolute Gasteiger partial charge is 0.357 e. The van der Waals surface area contributed by atoms with Crippen molar-refractivity contribution in [3.63, 3.8) is 0 Å². The van der Waals surface area contributed by atoms with Gasteiger partial charge in [0.15, 0.2) is 5.96 Å². The molecule has 2 N–H and O–H groups in total. The topological polar surface area (TPSA) is 56.7 Å². The summed E-state index contributed by atoms with van der Waals surface area (Å²) in [7, 11) is 1.89. The number of benzene rings is 1. The number of carbonyl (C=O) groups is 1. The van der Waals surface area contributed by atoms with Gasteiger partial charge in [0.05, 0.1) is 6.54 Å². The van der Waals surface area contributed by atoms with Gasteiger partial charge in [0, 0.05) is 25.7 Å². The smallest absolute Gasteiger partial charge is 0.240 e. The van der Waals surface area contributed by atoms with Crippen LogP contribution in [0.5, 0.6) is 0 Å². The number of hydrogen-bond acceptors (Lipinski definition) is 2. The Bertz CT molecular complexity index is 564. The van der Waals surface area contributed by atoms with Crippen LogP contribution in [0.15, 0.2) is 29.3 Å². The van der Waals surface area contributed by atoms with E-state index in [4.69, 9.17) is 0 Å². The lowest BCUT2D eigenvalue weighted by molar-refractivity contribution is -0.122. The van der Waals surface area contributed by atoms with Gasteiger partial charge < -0.3 is 15.5 Å². The lowest BCUT2D eigenvalue weighted by Gasteiger charge is -2.25. The number of nitrogens with one attached hydrogen (secondary N) is 2. The molecule has 0 heterocycles. The molecule has 1 aromatic rings. The summed E-state index contributed by atoms with van der Waals surface area (Å²) in [4.78, 5) is 18.6. The molecule has 5 nitrogen and oxygen atoms in total. The molecular weight excluding hydrogens is 439 g/mol. The normalized spacial score (nSPS) is 11.5. The molecule has 1 aromatic carbocycles. The fourth-order valence-corrected chi connectivity index (χ4v) is 2.45. The first-order chi connectivity index (χ1) is 11.7. The minimum absolute atomic E-state index is 0. The molecule has 0 aromatic heterocycles. The Morgan fingerprint density at radius 1 is 1.12 bits per heavy atom. The molecule has 0 aliphatic rings. The van der Waals surface area contributed by atoms with Gasteiger partial charge in [-0.25, -0.2) is 0 Å². The van der Waals surface area contributed by atoms with Crippen LogP contribution in [-0.2, 0) is 17.6 Å². The molecule has 0 aliphatic heterocycles. The third kappa shape index (κ3) is 9.99. The maximum atomic E-state index is 12.1. The number of carbonyl (C=O) groups excluding carboxylic acids is 1. The number of likely N-dealkylation sites (N-methyl/N-ethyl adjacent to an activating group) is 1. The summed E-state index contributed by atoms with van der Waals surface area (Å²) < 4.78 is 0. The minimum Gasteiger partial charge on any atom is -0.357 e. The fourth-order valence-electron chi connectivity index (χ4n) is 2.45. The first kappa shape index (κ1) is 24.7. The molecule has 0 atom stereocenters. The number of halogens is 1. The first-order valence-corrected chi connectivity index (χ1v) is 9.13. The Kier molecular flexibility index (Phi) is 11.5. The highest BCUT2D eigenvalue weighted by Gasteiger charge is 2.16. The van der Waals surface area contributed by atoms with Crippen LogP contribution in [0.1, 0.15) is 45.7 Å². The van der Waals surface area contributed by atoms with E-state index in [0.29, 0.717) is 6.54 Å². The SMILES string of the molecule is CCNC(=NCCc1ccc(CC)cc1)N(C)CC(=O)NC(C)(C)C.I. The van der Waals surface area contributed by atoms with Gasteiger partial charge in [0.2, 0.25) is 5.91 Å². The molecule has 0 radical (unpaired) electrons. The van der Waals surface area contributed by atoms with Crippen molar-refractivity contribution in [2.45, 2.75) is 53.0 Å². The Morgan fingerprint density at radius 2 is 1.69 bits per heavy atom. The average molecular weight is 474 g/mol. The molecular formula is C20H35IN4O. The molecule has 0 saturated heterocycles. The van der Waals surface area contributed by atoms with Crippen molar-refractivity contribution in [3.05, 3.63) is 35.4 Å². The van der Waals surface area contributed by atoms with E-state index in [1.807, 2.05) is 39.6 Å². The summed E-state index contributed by atoms with van der Waals surface area (Å²) in [5, 5.41) is 6.23. The van der Waals surface area contributed by atoms with Gasteiger partial charge in [0.1, 0.15) is 0 Å². The van der Waals surface area contributed by atoms with Crippen LogP contribution in [0.4, 0.5) is 0 Å². The van der Waals surface area contributed by atoms with Crippen molar-refractivity contribution in [2.24, 2.45) is 4.99 Å². The average Bonchev–Trinajstić information content (AvgIpc) is 2.52. The van der Waals surface area contributed by atoms with Crippen molar-refractivity contribution in [1.82, 2.24) is 15.5 Å². The van der Waals surface area contributed by atoms with Crippen LogP contribution in [-0.4, -0.2) is 49.0 Å². The number of amides is 1. The maximum Gasteiger partial charge on any atom is 0.240 e. The van der Waals surface area contributed by atoms with Crippen LogP contribution in [0.3, 0.4) is 0 Å². The summed E-state index contributed by atoms with van der Waals surface area (Å²) in [6.45, 7) is 11.9. The van der Waals surface area contributed by atoms with E-state index in [9.17, 15) is 4.79 Å². The Labute approximate surface area is 176 Å². The zero-order chi connectivity index (χ0) is 18.9. The molecule has 148 valence electrons. The number of nitrogens with zero attached hydrogens (tertiary/aromatic N) is 2. The zero-order valence-corrected chi connectivity index (χ0v) is 19.4. The third-order valence-electron chi connectivity index (χ3n) is 3.68. The molecule has 26 heavy (non-hydrogen) atoms. The summed E-state index contributed by atoms with van der Waals surface area (Å²) in [5.74, 6) is 0.757. The maximum absolute atomic E-state index is 12.1. The Morgan fingerprint density at radius 3 is 2.19 bits per heavy atom. The first-order valence-electron chi connectivity index (χ1n) is 9.13. The van der Waals surface area contributed by atoms with E-state index in [1.165, 1.54) is 11.1 Å². The predicted octanol–water partition coefficient (Wildman–Crippen LogP) is 3.22. The van der Waals surface area contributed by atoms with Gasteiger partial charge in [-0.05, 0) is 51.7 Å². The Hall–Kier alpha value is -1.31. The zero-order valence-electron chi connectivity index (χ0n) is 17.1. The highest BCUT2D eigenvalue weighted by molar-refractivity contribution is 14.0. The highest BCUT2D eigenvalue weighted by atomic mass is 127. The van der Waals surface area contributed by atoms with Crippen molar-refractivity contribution < 1.29 is 4.79 Å². The minimum atomic E-state index is -0.224. The second kappa shape index (κ2) is 12.1. The van der Waals surface area contributed by atoms with Gasteiger partial charge in [-0.2, -0.15) is 0 Å². The van der Waals surface area contributed by atoms with Crippen molar-refractivity contribution in [1.29, 1.82) is 0 Å². The van der Waals surface area contributed by atoms with Crippen molar-refractivity contribution in [2.75, 3.05) is 26.7 Å². The molecule has 0 aliphatic carbocycles. The van der Waals surface area contributed by atoms with Crippen molar-refractivity contribution in [3.8, 4) is 0 Å². The summed E-state index contributed by atoms with van der Waals surface area (Å²) in [6, 6.07) is 8.68. The molecule has 0 spiro atoms. The monoisotopic (exact) mass is 474 g/mol. The van der Waals surface area contributed by atoms with E-state index >= 15 is 0 Å². The van der Waals surface area contributed by atoms with Crippen LogP contribution >= 0.6 is 24.0 Å². The van der Waals surface area contributed by atoms with E-state index in [2.05, 4.69) is 46.8 Å². The second-order valence-electron chi connectivity index (χ2n) is 7.31. The molecule has 1 amide bonds. The number of aryl methyl sites for hydroxylation is 1. The predicted molar refractivity (Wildman–Crippen MR) is 121 cm³/mol. The van der Waals surface area contributed by atoms with Gasteiger partial charge >= 0.3 is 0 Å². The molecule has 0 fully saturated rings. The molecule has 0 saturated carbocycles. The van der Waals surface area contributed by atoms with Crippen LogP contribution < -0.4 is 10.6 Å². The van der Waals surface area contributed by atoms with Gasteiger partial charge in [-0.3, -0.25) is 9.79 Å². The third-order valence-corrected chi connectivity index (χ3v) is 3.68. The highest BCUT2D eigenvalue weighted by Crippen LogP contribution is 2.06. The number of hydrogen-bond donors (Lipinski definition) is 2. The summed E-state index contributed by atoms with van der Waals surface area (Å²) in [6.07, 6.45) is 1.95. The van der Waals surface area contributed by atoms with E-state index in [0.717, 1.165) is 25.3 Å². The van der Waals surface area contributed by atoms with E-state index in [-0.39, 0.29) is 42.0 Å². The molecule has 6 heteroatoms. The Balaban J connectivity index is 0.00000625. The molecule has 0 unspecified atom stereocenters. The van der Waals surface area contributed by atoms with Gasteiger partial charge in [-0.15, -0.1) is 24.0 Å². The second-order valence-corrected chi connectivity index (χ2v) is 7.31. The number of guanidine groups is 1. The lowest BCUT2D eigenvalue weighted by atomic mass is 10.1. The fraction of sp³-hybridized carbons (Fsp3) is 0.600. The van der Waals surface area contributed by atoms with Crippen LogP contribution in [0.2, 0.25) is 0 Å². The van der Waals surface area contributed by atoms with E-state index < -0.39 is 0 Å². The van der Waals surface area contributed by atoms with E-state index in [1.54, 1.807) is 0 Å². The van der Waals surface area contributed by atoms with Crippen LogP contribution in [0, 0.1) is 0 Å². The lowest BCUT2D eigenvalue weighted by Crippen LogP contribution is -2.48. The van der Waals surface area contributed by atoms with Gasteiger partial charge in [0.25, 0.3) is 0 Å². The molecule has 0 bridgehead atoms. The quantitative estimate of drug-likeness (QED) is 0.363. The van der Waals surface area contributed by atoms with Crippen LogP contribution in [0.25, 0.3) is 0 Å². The van der Waals surface area contributed by atoms with Crippen molar-refractivity contribution >= 4 is 35.8 Å². The number of rotatable bonds is 7. The summed E-state index contributed by atoms with van der Waals surface area (Å²) >= 11 is 0. The molecule has 1 rings (SSSR count). The number of aliphatic imine (C=N–C) groups is 1.